The van der Waals surface area contributed by atoms with Gasteiger partial charge in [0.25, 0.3) is 0 Å². The standard InChI is InChI=1S/C10H21N3O2S/c1-10(9-12-6-3-11-4-7-12)13-5-2-8-16(13,14)15/h10-11H,2-9H2,1H3. The lowest BCUT2D eigenvalue weighted by molar-refractivity contribution is 0.193. The van der Waals surface area contributed by atoms with E-state index in [-0.39, 0.29) is 6.04 Å². The van der Waals surface area contributed by atoms with Crippen LogP contribution in [0, 0.1) is 0 Å². The molecule has 2 saturated heterocycles. The molecule has 1 atom stereocenters. The monoisotopic (exact) mass is 247 g/mol. The Balaban J connectivity index is 1.89. The third-order valence-corrected chi connectivity index (χ3v) is 5.42. The topological polar surface area (TPSA) is 52.6 Å². The Morgan fingerprint density at radius 1 is 1.25 bits per heavy atom. The largest absolute Gasteiger partial charge is 0.314 e. The minimum Gasteiger partial charge on any atom is -0.314 e. The van der Waals surface area contributed by atoms with Gasteiger partial charge in [-0.3, -0.25) is 4.90 Å². The van der Waals surface area contributed by atoms with Crippen LogP contribution in [0.25, 0.3) is 0 Å². The smallest absolute Gasteiger partial charge is 0.214 e. The Kier molecular flexibility index (Phi) is 3.84. The molecular formula is C10H21N3O2S. The molecule has 1 N–H and O–H groups in total. The van der Waals surface area contributed by atoms with Crippen molar-refractivity contribution in [2.24, 2.45) is 0 Å². The Morgan fingerprint density at radius 2 is 1.94 bits per heavy atom. The quantitative estimate of drug-likeness (QED) is 0.718. The van der Waals surface area contributed by atoms with Crippen LogP contribution in [0.3, 0.4) is 0 Å². The first-order valence-corrected chi connectivity index (χ1v) is 7.63. The van der Waals surface area contributed by atoms with E-state index in [4.69, 9.17) is 0 Å². The zero-order valence-corrected chi connectivity index (χ0v) is 10.7. The summed E-state index contributed by atoms with van der Waals surface area (Å²) in [4.78, 5) is 2.34. The van der Waals surface area contributed by atoms with Crippen molar-refractivity contribution in [3.63, 3.8) is 0 Å². The summed E-state index contributed by atoms with van der Waals surface area (Å²) in [5.74, 6) is 0.332. The van der Waals surface area contributed by atoms with E-state index in [1.54, 1.807) is 4.31 Å². The highest BCUT2D eigenvalue weighted by Crippen LogP contribution is 2.17. The summed E-state index contributed by atoms with van der Waals surface area (Å²) in [7, 11) is -2.95. The summed E-state index contributed by atoms with van der Waals surface area (Å²) in [5.41, 5.74) is 0. The van der Waals surface area contributed by atoms with Gasteiger partial charge in [-0.05, 0) is 13.3 Å². The lowest BCUT2D eigenvalue weighted by Crippen LogP contribution is -2.49. The predicted octanol–water partition coefficient (Wildman–Crippen LogP) is -0.684. The van der Waals surface area contributed by atoms with Crippen LogP contribution in [0.15, 0.2) is 0 Å². The van der Waals surface area contributed by atoms with Crippen molar-refractivity contribution in [1.82, 2.24) is 14.5 Å². The fraction of sp³-hybridized carbons (Fsp3) is 1.00. The van der Waals surface area contributed by atoms with Crippen LogP contribution in [0.1, 0.15) is 13.3 Å². The third kappa shape index (κ3) is 2.74. The number of piperazine rings is 1. The minimum atomic E-state index is -2.95. The fourth-order valence-electron chi connectivity index (χ4n) is 2.51. The Hall–Kier alpha value is -0.170. The molecule has 2 rings (SSSR count). The zero-order chi connectivity index (χ0) is 11.6. The molecule has 0 radical (unpaired) electrons. The molecule has 5 nitrogen and oxygen atoms in total. The van der Waals surface area contributed by atoms with Crippen LogP contribution in [-0.4, -0.2) is 68.7 Å². The first-order chi connectivity index (χ1) is 7.59. The van der Waals surface area contributed by atoms with Crippen LogP contribution >= 0.6 is 0 Å². The van der Waals surface area contributed by atoms with E-state index < -0.39 is 10.0 Å². The summed E-state index contributed by atoms with van der Waals surface area (Å²) < 4.78 is 25.2. The van der Waals surface area contributed by atoms with Crippen LogP contribution < -0.4 is 5.32 Å². The molecule has 2 aliphatic heterocycles. The minimum absolute atomic E-state index is 0.116. The molecule has 0 aromatic rings. The maximum absolute atomic E-state index is 11.7. The van der Waals surface area contributed by atoms with E-state index in [1.807, 2.05) is 6.92 Å². The molecular weight excluding hydrogens is 226 g/mol. The Labute approximate surface area is 97.8 Å². The molecule has 16 heavy (non-hydrogen) atoms. The highest BCUT2D eigenvalue weighted by atomic mass is 32.2. The van der Waals surface area contributed by atoms with Gasteiger partial charge in [0.15, 0.2) is 0 Å². The van der Waals surface area contributed by atoms with Crippen molar-refractivity contribution < 1.29 is 8.42 Å². The maximum Gasteiger partial charge on any atom is 0.214 e. The average molecular weight is 247 g/mol. The first-order valence-electron chi connectivity index (χ1n) is 6.02. The second kappa shape index (κ2) is 5.00. The van der Waals surface area contributed by atoms with E-state index in [0.29, 0.717) is 12.3 Å². The lowest BCUT2D eigenvalue weighted by Gasteiger charge is -2.32. The molecule has 0 spiro atoms. The van der Waals surface area contributed by atoms with E-state index in [0.717, 1.165) is 39.1 Å². The van der Waals surface area contributed by atoms with Crippen molar-refractivity contribution in [3.05, 3.63) is 0 Å². The molecule has 0 aliphatic carbocycles. The van der Waals surface area contributed by atoms with Crippen LogP contribution in [0.4, 0.5) is 0 Å². The van der Waals surface area contributed by atoms with Gasteiger partial charge in [0.2, 0.25) is 10.0 Å². The summed E-state index contributed by atoms with van der Waals surface area (Å²) >= 11 is 0. The Bertz CT molecular complexity index is 325. The molecule has 6 heteroatoms. The van der Waals surface area contributed by atoms with E-state index in [1.165, 1.54) is 0 Å². The summed E-state index contributed by atoms with van der Waals surface area (Å²) in [6, 6.07) is 0.116. The SMILES string of the molecule is CC(CN1CCNCC1)N1CCCS1(=O)=O. The van der Waals surface area contributed by atoms with Gasteiger partial charge in [-0.2, -0.15) is 4.31 Å². The number of hydrogen-bond acceptors (Lipinski definition) is 4. The van der Waals surface area contributed by atoms with Gasteiger partial charge in [0.05, 0.1) is 5.75 Å². The van der Waals surface area contributed by atoms with Gasteiger partial charge in [0.1, 0.15) is 0 Å². The van der Waals surface area contributed by atoms with E-state index >= 15 is 0 Å². The number of sulfonamides is 1. The van der Waals surface area contributed by atoms with Crippen LogP contribution in [0.2, 0.25) is 0 Å². The van der Waals surface area contributed by atoms with Gasteiger partial charge in [0, 0.05) is 45.3 Å². The fourth-order valence-corrected chi connectivity index (χ4v) is 4.26. The second-order valence-corrected chi connectivity index (χ2v) is 6.72. The number of hydrogen-bond donors (Lipinski definition) is 1. The summed E-state index contributed by atoms with van der Waals surface area (Å²) in [5, 5.41) is 3.30. The van der Waals surface area contributed by atoms with E-state index in [9.17, 15) is 8.42 Å². The molecule has 1 unspecified atom stereocenters. The lowest BCUT2D eigenvalue weighted by atomic mass is 10.2. The van der Waals surface area contributed by atoms with Gasteiger partial charge < -0.3 is 5.32 Å². The Morgan fingerprint density at radius 3 is 2.50 bits per heavy atom. The summed E-state index contributed by atoms with van der Waals surface area (Å²) in [6.45, 7) is 7.66. The maximum atomic E-state index is 11.7. The normalized spacial score (nSPS) is 29.3. The number of nitrogens with zero attached hydrogens (tertiary/aromatic N) is 2. The van der Waals surface area contributed by atoms with Crippen LogP contribution in [0.5, 0.6) is 0 Å². The highest BCUT2D eigenvalue weighted by molar-refractivity contribution is 7.89. The van der Waals surface area contributed by atoms with Crippen molar-refractivity contribution in [2.75, 3.05) is 45.0 Å². The van der Waals surface area contributed by atoms with Crippen LogP contribution in [-0.2, 0) is 10.0 Å². The van der Waals surface area contributed by atoms with Crippen molar-refractivity contribution in [3.8, 4) is 0 Å². The molecule has 2 fully saturated rings. The molecule has 0 aromatic heterocycles. The van der Waals surface area contributed by atoms with Gasteiger partial charge in [-0.25, -0.2) is 8.42 Å². The molecule has 2 heterocycles. The molecule has 0 bridgehead atoms. The highest BCUT2D eigenvalue weighted by Gasteiger charge is 2.32. The van der Waals surface area contributed by atoms with Crippen molar-refractivity contribution in [1.29, 1.82) is 0 Å². The van der Waals surface area contributed by atoms with E-state index in [2.05, 4.69) is 10.2 Å². The van der Waals surface area contributed by atoms with Gasteiger partial charge in [-0.15, -0.1) is 0 Å². The third-order valence-electron chi connectivity index (χ3n) is 3.36. The van der Waals surface area contributed by atoms with Gasteiger partial charge in [-0.1, -0.05) is 0 Å². The molecule has 94 valence electrons. The molecule has 0 aromatic carbocycles. The predicted molar refractivity (Wildman–Crippen MR) is 63.9 cm³/mol. The summed E-state index contributed by atoms with van der Waals surface area (Å²) in [6.07, 6.45) is 0.786. The van der Waals surface area contributed by atoms with Crippen molar-refractivity contribution >= 4 is 10.0 Å². The number of nitrogens with one attached hydrogen (secondary N) is 1. The average Bonchev–Trinajstić information content (AvgIpc) is 2.59. The zero-order valence-electron chi connectivity index (χ0n) is 9.85. The first kappa shape index (κ1) is 12.3. The second-order valence-electron chi connectivity index (χ2n) is 4.68. The molecule has 0 saturated carbocycles. The molecule has 2 aliphatic rings. The van der Waals surface area contributed by atoms with Crippen molar-refractivity contribution in [2.45, 2.75) is 19.4 Å². The number of rotatable bonds is 3. The molecule has 0 amide bonds. The van der Waals surface area contributed by atoms with Gasteiger partial charge >= 0.3 is 0 Å².